The van der Waals surface area contributed by atoms with Crippen molar-refractivity contribution in [3.63, 3.8) is 0 Å². The van der Waals surface area contributed by atoms with E-state index in [1.807, 2.05) is 0 Å². The van der Waals surface area contributed by atoms with Gasteiger partial charge in [0.15, 0.2) is 5.75 Å². The molecule has 0 radical (unpaired) electrons. The molecule has 0 aliphatic carbocycles. The Kier molecular flexibility index (Phi) is 3.10. The monoisotopic (exact) mass is 219 g/mol. The molecule has 8 heteroatoms. The average molecular weight is 219 g/mol. The van der Waals surface area contributed by atoms with Crippen LogP contribution in [0.15, 0.2) is 6.20 Å². The second-order valence-electron chi connectivity index (χ2n) is 2.62. The molecule has 0 amide bonds. The molecule has 0 spiro atoms. The fourth-order valence-electron chi connectivity index (χ4n) is 1.06. The van der Waals surface area contributed by atoms with Crippen LogP contribution in [0, 0.1) is 10.1 Å². The van der Waals surface area contributed by atoms with Crippen LogP contribution >= 0.6 is 0 Å². The Morgan fingerprint density at radius 3 is 2.67 bits per heavy atom. The second-order valence-corrected chi connectivity index (χ2v) is 2.62. The van der Waals surface area contributed by atoms with Gasteiger partial charge < -0.3 is 10.8 Å². The van der Waals surface area contributed by atoms with E-state index < -0.39 is 35.0 Å². The Morgan fingerprint density at radius 1 is 1.67 bits per heavy atom. The van der Waals surface area contributed by atoms with Gasteiger partial charge in [0, 0.05) is 6.54 Å². The molecule has 3 N–H and O–H groups in total. The third-order valence-electron chi connectivity index (χ3n) is 1.77. The molecule has 0 aliphatic rings. The van der Waals surface area contributed by atoms with E-state index in [2.05, 4.69) is 4.98 Å². The highest BCUT2D eigenvalue weighted by Crippen LogP contribution is 2.33. The third-order valence-corrected chi connectivity index (χ3v) is 1.77. The molecule has 0 bridgehead atoms. The van der Waals surface area contributed by atoms with E-state index in [9.17, 15) is 24.0 Å². The summed E-state index contributed by atoms with van der Waals surface area (Å²) in [5.41, 5.74) is 3.31. The van der Waals surface area contributed by atoms with Crippen LogP contribution in [0.3, 0.4) is 0 Å². The molecule has 1 aromatic heterocycles. The minimum Gasteiger partial charge on any atom is -0.505 e. The summed E-state index contributed by atoms with van der Waals surface area (Å²) >= 11 is 0. The van der Waals surface area contributed by atoms with Crippen LogP contribution in [0.25, 0.3) is 0 Å². The standard InChI is InChI=1S/C7H7F2N3O3/c8-7(9)5-6(13)3(1-10)4(2-11-5)12(14)15/h2,7,13H,1,10H2. The highest BCUT2D eigenvalue weighted by Gasteiger charge is 2.24. The molecule has 6 nitrogen and oxygen atoms in total. The predicted molar refractivity (Wildman–Crippen MR) is 45.4 cm³/mol. The zero-order valence-electron chi connectivity index (χ0n) is 7.35. The topological polar surface area (TPSA) is 102 Å². The molecule has 82 valence electrons. The average Bonchev–Trinajstić information content (AvgIpc) is 2.16. The molecule has 0 aliphatic heterocycles. The molecular formula is C7H7F2N3O3. The van der Waals surface area contributed by atoms with Crippen LogP contribution in [0.4, 0.5) is 14.5 Å². The third kappa shape index (κ3) is 1.99. The lowest BCUT2D eigenvalue weighted by atomic mass is 10.1. The van der Waals surface area contributed by atoms with Crippen molar-refractivity contribution in [3.8, 4) is 5.75 Å². The minimum absolute atomic E-state index is 0.342. The number of nitrogens with two attached hydrogens (primary N) is 1. The van der Waals surface area contributed by atoms with E-state index in [1.165, 1.54) is 0 Å². The van der Waals surface area contributed by atoms with Crippen molar-refractivity contribution in [1.82, 2.24) is 4.98 Å². The number of nitro groups is 1. The van der Waals surface area contributed by atoms with Gasteiger partial charge in [-0.25, -0.2) is 13.8 Å². The number of pyridine rings is 1. The molecule has 0 fully saturated rings. The van der Waals surface area contributed by atoms with Gasteiger partial charge in [-0.1, -0.05) is 0 Å². The van der Waals surface area contributed by atoms with E-state index in [0.717, 1.165) is 0 Å². The Labute approximate surface area is 82.5 Å². The highest BCUT2D eigenvalue weighted by molar-refractivity contribution is 5.49. The van der Waals surface area contributed by atoms with Gasteiger partial charge in [0.05, 0.1) is 10.5 Å². The number of halogens is 2. The number of aromatic hydroxyl groups is 1. The first-order valence-electron chi connectivity index (χ1n) is 3.82. The second kappa shape index (κ2) is 4.13. The van der Waals surface area contributed by atoms with Gasteiger partial charge in [-0.05, 0) is 0 Å². The van der Waals surface area contributed by atoms with E-state index in [4.69, 9.17) is 5.73 Å². The summed E-state index contributed by atoms with van der Waals surface area (Å²) in [6, 6.07) is 0. The van der Waals surface area contributed by atoms with Gasteiger partial charge >= 0.3 is 0 Å². The largest absolute Gasteiger partial charge is 0.505 e. The van der Waals surface area contributed by atoms with Crippen molar-refractivity contribution < 1.29 is 18.8 Å². The number of aromatic nitrogens is 1. The van der Waals surface area contributed by atoms with Crippen molar-refractivity contribution in [1.29, 1.82) is 0 Å². The van der Waals surface area contributed by atoms with E-state index in [-0.39, 0.29) is 5.56 Å². The zero-order chi connectivity index (χ0) is 11.6. The number of rotatable bonds is 3. The van der Waals surface area contributed by atoms with Gasteiger partial charge in [-0.15, -0.1) is 0 Å². The normalized spacial score (nSPS) is 10.7. The van der Waals surface area contributed by atoms with Crippen LogP contribution < -0.4 is 5.73 Å². The molecule has 1 aromatic rings. The lowest BCUT2D eigenvalue weighted by molar-refractivity contribution is -0.386. The Morgan fingerprint density at radius 2 is 2.27 bits per heavy atom. The van der Waals surface area contributed by atoms with Crippen molar-refractivity contribution in [2.24, 2.45) is 5.73 Å². The van der Waals surface area contributed by atoms with Gasteiger partial charge in [0.1, 0.15) is 11.9 Å². The van der Waals surface area contributed by atoms with Gasteiger partial charge in [-0.2, -0.15) is 0 Å². The van der Waals surface area contributed by atoms with E-state index in [0.29, 0.717) is 6.20 Å². The fraction of sp³-hybridized carbons (Fsp3) is 0.286. The number of hydrogen-bond acceptors (Lipinski definition) is 5. The van der Waals surface area contributed by atoms with Crippen LogP contribution in [0.2, 0.25) is 0 Å². The maximum absolute atomic E-state index is 12.2. The molecule has 1 rings (SSSR count). The molecule has 0 saturated heterocycles. The van der Waals surface area contributed by atoms with Crippen LogP contribution in [0.5, 0.6) is 5.75 Å². The Bertz CT molecular complexity index is 397. The molecule has 1 heterocycles. The van der Waals surface area contributed by atoms with Crippen molar-refractivity contribution >= 4 is 5.69 Å². The zero-order valence-corrected chi connectivity index (χ0v) is 7.35. The number of hydrogen-bond donors (Lipinski definition) is 2. The number of alkyl halides is 2. The van der Waals surface area contributed by atoms with E-state index >= 15 is 0 Å². The van der Waals surface area contributed by atoms with Gasteiger partial charge in [0.25, 0.3) is 12.1 Å². The van der Waals surface area contributed by atoms with Gasteiger partial charge in [0.2, 0.25) is 0 Å². The summed E-state index contributed by atoms with van der Waals surface area (Å²) < 4.78 is 24.5. The maximum Gasteiger partial charge on any atom is 0.295 e. The predicted octanol–water partition coefficient (Wildman–Crippen LogP) is 1.09. The fourth-order valence-corrected chi connectivity index (χ4v) is 1.06. The first kappa shape index (κ1) is 11.2. The first-order chi connectivity index (χ1) is 6.99. The molecular weight excluding hydrogens is 212 g/mol. The summed E-state index contributed by atoms with van der Waals surface area (Å²) in [5.74, 6) is -0.915. The molecule has 0 atom stereocenters. The van der Waals surface area contributed by atoms with E-state index in [1.54, 1.807) is 0 Å². The SMILES string of the molecule is NCc1c([N+](=O)[O-])cnc(C(F)F)c1O. The Hall–Kier alpha value is -1.83. The van der Waals surface area contributed by atoms with Gasteiger partial charge in [-0.3, -0.25) is 10.1 Å². The molecule has 0 unspecified atom stereocenters. The van der Waals surface area contributed by atoms with Crippen LogP contribution in [-0.2, 0) is 6.54 Å². The molecule has 0 saturated carbocycles. The smallest absolute Gasteiger partial charge is 0.295 e. The summed E-state index contributed by atoms with van der Waals surface area (Å²) in [7, 11) is 0. The Balaban J connectivity index is 3.39. The highest BCUT2D eigenvalue weighted by atomic mass is 19.3. The summed E-state index contributed by atoms with van der Waals surface area (Å²) in [6.45, 7) is -0.412. The van der Waals surface area contributed by atoms with Crippen molar-refractivity contribution in [2.75, 3.05) is 0 Å². The minimum atomic E-state index is -3.00. The summed E-state index contributed by atoms with van der Waals surface area (Å²) in [5, 5.41) is 19.7. The molecule has 0 aromatic carbocycles. The number of nitrogens with zero attached hydrogens (tertiary/aromatic N) is 2. The quantitative estimate of drug-likeness (QED) is 0.585. The lowest BCUT2D eigenvalue weighted by Crippen LogP contribution is -2.05. The van der Waals surface area contributed by atoms with Crippen LogP contribution in [0.1, 0.15) is 17.7 Å². The van der Waals surface area contributed by atoms with Crippen LogP contribution in [-0.4, -0.2) is 15.0 Å². The van der Waals surface area contributed by atoms with Crippen molar-refractivity contribution in [2.45, 2.75) is 13.0 Å². The maximum atomic E-state index is 12.2. The lowest BCUT2D eigenvalue weighted by Gasteiger charge is -2.06. The first-order valence-corrected chi connectivity index (χ1v) is 3.82. The summed E-state index contributed by atoms with van der Waals surface area (Å²) in [6.07, 6.45) is -2.35. The van der Waals surface area contributed by atoms with Crippen molar-refractivity contribution in [3.05, 3.63) is 27.6 Å². The summed E-state index contributed by atoms with van der Waals surface area (Å²) in [4.78, 5) is 12.7. The molecule has 15 heavy (non-hydrogen) atoms.